The average molecular weight is 690 g/mol. The Morgan fingerprint density at radius 3 is 2.10 bits per heavy atom. The zero-order valence-corrected chi connectivity index (χ0v) is 28.2. The van der Waals surface area contributed by atoms with Crippen LogP contribution in [0.4, 0.5) is 8.78 Å². The van der Waals surface area contributed by atoms with E-state index in [0.717, 1.165) is 38.1 Å². The molecular formula is C38H41F2N3O5S. The molecule has 258 valence electrons. The molecule has 2 saturated heterocycles. The van der Waals surface area contributed by atoms with E-state index in [1.54, 1.807) is 42.5 Å². The quantitative estimate of drug-likeness (QED) is 0.189. The van der Waals surface area contributed by atoms with E-state index in [2.05, 4.69) is 0 Å². The third-order valence-corrected chi connectivity index (χ3v) is 12.1. The predicted molar refractivity (Wildman–Crippen MR) is 183 cm³/mol. The molecule has 3 fully saturated rings. The highest BCUT2D eigenvalue weighted by atomic mass is 32.2. The molecule has 1 amide bonds. The van der Waals surface area contributed by atoms with Crippen LogP contribution in [0.3, 0.4) is 0 Å². The summed E-state index contributed by atoms with van der Waals surface area (Å²) in [6.07, 6.45) is 6.70. The first-order valence-electron chi connectivity index (χ1n) is 17.0. The first kappa shape index (κ1) is 33.4. The summed E-state index contributed by atoms with van der Waals surface area (Å²) in [6, 6.07) is 20.9. The monoisotopic (exact) mass is 689 g/mol. The minimum absolute atomic E-state index is 0.138. The second-order valence-corrected chi connectivity index (χ2v) is 15.5. The molecule has 2 heterocycles. The van der Waals surface area contributed by atoms with Crippen LogP contribution in [0, 0.1) is 0 Å². The molecule has 2 N–H and O–H groups in total. The van der Waals surface area contributed by atoms with Gasteiger partial charge in [-0.25, -0.2) is 8.42 Å². The number of amides is 1. The van der Waals surface area contributed by atoms with Crippen molar-refractivity contribution < 1.29 is 31.5 Å². The number of piperidine rings is 1. The summed E-state index contributed by atoms with van der Waals surface area (Å²) in [5.74, 6) is -3.26. The van der Waals surface area contributed by atoms with Crippen molar-refractivity contribution in [3.05, 3.63) is 96.6 Å². The number of likely N-dealkylation sites (N-methyl/N-ethyl adjacent to an activating group) is 1. The summed E-state index contributed by atoms with van der Waals surface area (Å²) < 4.78 is 74.6. The number of alkyl halides is 2. The van der Waals surface area contributed by atoms with Crippen molar-refractivity contribution in [1.82, 2.24) is 9.21 Å². The highest BCUT2D eigenvalue weighted by Crippen LogP contribution is 2.43. The number of fused-ring (bicyclic) bond motifs is 3. The van der Waals surface area contributed by atoms with E-state index >= 15 is 8.78 Å². The lowest BCUT2D eigenvalue weighted by atomic mass is 9.94. The van der Waals surface area contributed by atoms with Gasteiger partial charge in [0.2, 0.25) is 15.9 Å². The van der Waals surface area contributed by atoms with Crippen molar-refractivity contribution in [2.75, 3.05) is 7.05 Å². The number of carbonyl (C=O) groups is 1. The Labute approximate surface area is 285 Å². The van der Waals surface area contributed by atoms with Gasteiger partial charge in [-0.05, 0) is 123 Å². The maximum atomic E-state index is 16.9. The van der Waals surface area contributed by atoms with E-state index in [4.69, 9.17) is 15.2 Å². The van der Waals surface area contributed by atoms with Gasteiger partial charge >= 0.3 is 0 Å². The summed E-state index contributed by atoms with van der Waals surface area (Å²) in [7, 11) is -3.51. The molecule has 1 saturated carbocycles. The number of nitrogens with zero attached hydrogens (tertiary/aromatic N) is 2. The zero-order valence-electron chi connectivity index (χ0n) is 27.4. The van der Waals surface area contributed by atoms with Crippen LogP contribution in [-0.4, -0.2) is 60.8 Å². The molecule has 1 aliphatic carbocycles. The molecule has 4 aromatic rings. The van der Waals surface area contributed by atoms with Crippen LogP contribution in [0.15, 0.2) is 95.9 Å². The molecule has 11 heteroatoms. The van der Waals surface area contributed by atoms with Crippen molar-refractivity contribution in [1.29, 1.82) is 0 Å². The molecular weight excluding hydrogens is 648 g/mol. The Balaban J connectivity index is 1.21. The molecule has 8 nitrogen and oxygen atoms in total. The van der Waals surface area contributed by atoms with Crippen molar-refractivity contribution >= 4 is 26.7 Å². The Bertz CT molecular complexity index is 1910. The third-order valence-electron chi connectivity index (χ3n) is 10.2. The molecule has 7 rings (SSSR count). The number of para-hydroxylation sites is 1. The van der Waals surface area contributed by atoms with Gasteiger partial charge in [0, 0.05) is 30.7 Å². The lowest BCUT2D eigenvalue weighted by Crippen LogP contribution is -2.61. The van der Waals surface area contributed by atoms with Gasteiger partial charge in [0.05, 0.1) is 11.0 Å². The van der Waals surface area contributed by atoms with Crippen LogP contribution in [0.25, 0.3) is 10.8 Å². The highest BCUT2D eigenvalue weighted by Gasteiger charge is 2.56. The van der Waals surface area contributed by atoms with Crippen LogP contribution in [-0.2, 0) is 20.7 Å². The average Bonchev–Trinajstić information content (AvgIpc) is 3.70. The second kappa shape index (κ2) is 13.3. The van der Waals surface area contributed by atoms with Crippen LogP contribution < -0.4 is 15.2 Å². The lowest BCUT2D eigenvalue weighted by Gasteiger charge is -2.42. The molecule has 49 heavy (non-hydrogen) atoms. The van der Waals surface area contributed by atoms with Crippen LogP contribution in [0.2, 0.25) is 0 Å². The van der Waals surface area contributed by atoms with E-state index in [9.17, 15) is 13.2 Å². The predicted octanol–water partition coefficient (Wildman–Crippen LogP) is 7.22. The first-order valence-corrected chi connectivity index (χ1v) is 18.4. The molecule has 0 spiro atoms. The minimum Gasteiger partial charge on any atom is -0.490 e. The molecule has 0 aromatic heterocycles. The highest BCUT2D eigenvalue weighted by molar-refractivity contribution is 7.89. The van der Waals surface area contributed by atoms with Gasteiger partial charge in [-0.2, -0.15) is 13.1 Å². The molecule has 2 unspecified atom stereocenters. The summed E-state index contributed by atoms with van der Waals surface area (Å²) >= 11 is 0. The van der Waals surface area contributed by atoms with Crippen molar-refractivity contribution in [2.45, 2.75) is 92.5 Å². The maximum absolute atomic E-state index is 16.9. The van der Waals surface area contributed by atoms with E-state index in [-0.39, 0.29) is 29.1 Å². The maximum Gasteiger partial charge on any atom is 0.298 e. The van der Waals surface area contributed by atoms with Crippen LogP contribution in [0.5, 0.6) is 17.2 Å². The Morgan fingerprint density at radius 2 is 1.43 bits per heavy atom. The number of sulfonamides is 1. The SMILES string of the molecule is CN([C@@H](C(=O)N1C2CCC1CC(N)C2)C(F)(F)c1ccc(Oc2ccccc2)cc1)S(=O)(=O)c1ccc2cc(OC3CCCC3)ccc2c1. The number of rotatable bonds is 10. The number of hydrogen-bond acceptors (Lipinski definition) is 6. The fourth-order valence-electron chi connectivity index (χ4n) is 7.73. The second-order valence-electron chi connectivity index (χ2n) is 13.5. The van der Waals surface area contributed by atoms with Gasteiger partial charge < -0.3 is 20.1 Å². The number of nitrogens with two attached hydrogens (primary N) is 1. The molecule has 3 aliphatic rings. The summed E-state index contributed by atoms with van der Waals surface area (Å²) in [5, 5.41) is 1.37. The molecule has 2 bridgehead atoms. The van der Waals surface area contributed by atoms with E-state index in [1.807, 2.05) is 12.1 Å². The first-order chi connectivity index (χ1) is 23.5. The number of ether oxygens (including phenoxy) is 2. The Morgan fingerprint density at radius 1 is 0.837 bits per heavy atom. The Hall–Kier alpha value is -4.06. The zero-order chi connectivity index (χ0) is 34.3. The standard InChI is InChI=1S/C38H41F2N3O5S/c1-42(49(45,46)35-20-12-25-21-34(17-11-26(25)22-35)48-32-9-5-6-10-32)36(37(44)43-29-15-16-30(43)24-28(41)23-29)38(39,40)27-13-18-33(19-14-27)47-31-7-3-2-4-8-31/h2-4,7-8,11-14,17-22,28-30,32,36H,5-6,9-10,15-16,23-24,41H2,1H3/t28?,29?,30?,36-/m0/s1. The van der Waals surface area contributed by atoms with E-state index in [1.165, 1.54) is 41.3 Å². The van der Waals surface area contributed by atoms with E-state index in [0.29, 0.717) is 52.6 Å². The number of carbonyl (C=O) groups excluding carboxylic acids is 1. The van der Waals surface area contributed by atoms with Crippen molar-refractivity contribution in [3.63, 3.8) is 0 Å². The normalized spacial score (nSPS) is 22.1. The minimum atomic E-state index is -4.58. The number of benzene rings is 4. The molecule has 3 atom stereocenters. The van der Waals surface area contributed by atoms with Gasteiger partial charge in [0.15, 0.2) is 6.04 Å². The van der Waals surface area contributed by atoms with Crippen molar-refractivity contribution in [2.24, 2.45) is 5.73 Å². The summed E-state index contributed by atoms with van der Waals surface area (Å²) in [4.78, 5) is 15.7. The van der Waals surface area contributed by atoms with Crippen molar-refractivity contribution in [3.8, 4) is 17.2 Å². The third kappa shape index (κ3) is 6.63. The molecule has 2 aliphatic heterocycles. The number of hydrogen-bond donors (Lipinski definition) is 1. The fourth-order valence-corrected chi connectivity index (χ4v) is 9.07. The molecule has 0 radical (unpaired) electrons. The topological polar surface area (TPSA) is 102 Å². The molecule has 4 aromatic carbocycles. The number of halogens is 2. The van der Waals surface area contributed by atoms with Gasteiger partial charge in [0.25, 0.3) is 5.92 Å². The fraction of sp³-hybridized carbons (Fsp3) is 0.395. The van der Waals surface area contributed by atoms with Gasteiger partial charge in [0.1, 0.15) is 17.2 Å². The smallest absolute Gasteiger partial charge is 0.298 e. The van der Waals surface area contributed by atoms with Gasteiger partial charge in [-0.1, -0.05) is 30.3 Å². The lowest BCUT2D eigenvalue weighted by molar-refractivity contribution is -0.154. The largest absolute Gasteiger partial charge is 0.490 e. The van der Waals surface area contributed by atoms with Gasteiger partial charge in [-0.3, -0.25) is 4.79 Å². The van der Waals surface area contributed by atoms with E-state index < -0.39 is 33.5 Å². The van der Waals surface area contributed by atoms with Crippen LogP contribution in [0.1, 0.15) is 56.9 Å². The van der Waals surface area contributed by atoms with Crippen LogP contribution >= 0.6 is 0 Å². The Kier molecular flexibility index (Phi) is 9.10. The summed E-state index contributed by atoms with van der Waals surface area (Å²) in [6.45, 7) is 0. The summed E-state index contributed by atoms with van der Waals surface area (Å²) in [5.41, 5.74) is 5.73. The van der Waals surface area contributed by atoms with Gasteiger partial charge in [-0.15, -0.1) is 0 Å².